The van der Waals surface area contributed by atoms with Gasteiger partial charge in [0.2, 0.25) is 0 Å². The molecule has 0 aromatic heterocycles. The van der Waals surface area contributed by atoms with E-state index in [9.17, 15) is 18.0 Å². The third-order valence-corrected chi connectivity index (χ3v) is 2.53. The highest BCUT2D eigenvalue weighted by atomic mass is 19.4. The summed E-state index contributed by atoms with van der Waals surface area (Å²) in [6.07, 6.45) is -4.40. The molecule has 1 fully saturated rings. The lowest BCUT2D eigenvalue weighted by Gasteiger charge is -2.21. The smallest absolute Gasteiger partial charge is 0.407 e. The highest BCUT2D eigenvalue weighted by Crippen LogP contribution is 2.28. The average molecular weight is 268 g/mol. The summed E-state index contributed by atoms with van der Waals surface area (Å²) in [6.45, 7) is 5.31. The molecule has 1 aliphatic heterocycles. The molecular formula is C11H19F3N2O2. The molecule has 0 aliphatic carbocycles. The van der Waals surface area contributed by atoms with Gasteiger partial charge in [-0.15, -0.1) is 0 Å². The Balaban J connectivity index is 2.28. The van der Waals surface area contributed by atoms with Crippen molar-refractivity contribution < 1.29 is 22.7 Å². The summed E-state index contributed by atoms with van der Waals surface area (Å²) in [5.74, 6) is 0. The summed E-state index contributed by atoms with van der Waals surface area (Å²) < 4.78 is 42.1. The maximum atomic E-state index is 12.4. The standard InChI is InChI=1S/C11H19F3N2O2/c1-10(2,3)18-9(17)15-6-7-4-5-8(16-7)11(12,13)14/h7-8,16H,4-6H2,1-3H3,(H,15,17)/t7-,8-/m1/s1. The van der Waals surface area contributed by atoms with Crippen LogP contribution in [0.4, 0.5) is 18.0 Å². The lowest BCUT2D eigenvalue weighted by molar-refractivity contribution is -0.152. The van der Waals surface area contributed by atoms with Crippen LogP contribution >= 0.6 is 0 Å². The van der Waals surface area contributed by atoms with Gasteiger partial charge >= 0.3 is 12.3 Å². The van der Waals surface area contributed by atoms with Crippen molar-refractivity contribution >= 4 is 6.09 Å². The maximum Gasteiger partial charge on any atom is 0.407 e. The molecule has 0 aromatic carbocycles. The van der Waals surface area contributed by atoms with Gasteiger partial charge < -0.3 is 15.4 Å². The first kappa shape index (κ1) is 15.1. The zero-order valence-electron chi connectivity index (χ0n) is 10.7. The third-order valence-electron chi connectivity index (χ3n) is 2.53. The molecule has 18 heavy (non-hydrogen) atoms. The Labute approximate surface area is 104 Å². The minimum absolute atomic E-state index is 0.0458. The van der Waals surface area contributed by atoms with Gasteiger partial charge in [0.25, 0.3) is 0 Å². The van der Waals surface area contributed by atoms with Crippen molar-refractivity contribution in [3.05, 3.63) is 0 Å². The Morgan fingerprint density at radius 1 is 1.33 bits per heavy atom. The number of hydrogen-bond acceptors (Lipinski definition) is 3. The summed E-state index contributed by atoms with van der Waals surface area (Å²) in [6, 6.07) is -1.83. The number of carbonyl (C=O) groups excluding carboxylic acids is 1. The fraction of sp³-hybridized carbons (Fsp3) is 0.909. The topological polar surface area (TPSA) is 50.4 Å². The number of alkyl halides is 3. The molecule has 1 amide bonds. The van der Waals surface area contributed by atoms with E-state index in [2.05, 4.69) is 10.6 Å². The number of alkyl carbamates (subject to hydrolysis) is 1. The highest BCUT2D eigenvalue weighted by Gasteiger charge is 2.43. The molecule has 106 valence electrons. The molecule has 0 unspecified atom stereocenters. The van der Waals surface area contributed by atoms with Crippen molar-refractivity contribution in [1.29, 1.82) is 0 Å². The van der Waals surface area contributed by atoms with E-state index < -0.39 is 23.9 Å². The minimum Gasteiger partial charge on any atom is -0.444 e. The SMILES string of the molecule is CC(C)(C)OC(=O)NC[C@H]1CC[C@H](C(F)(F)F)N1. The number of rotatable bonds is 2. The van der Waals surface area contributed by atoms with Crippen LogP contribution in [0.5, 0.6) is 0 Å². The zero-order valence-corrected chi connectivity index (χ0v) is 10.7. The lowest BCUT2D eigenvalue weighted by atomic mass is 10.2. The molecule has 1 heterocycles. The number of amides is 1. The molecule has 2 atom stereocenters. The van der Waals surface area contributed by atoms with Gasteiger partial charge in [-0.2, -0.15) is 13.2 Å². The van der Waals surface area contributed by atoms with Crippen molar-refractivity contribution in [2.45, 2.75) is 57.5 Å². The molecule has 0 bridgehead atoms. The molecule has 7 heteroatoms. The van der Waals surface area contributed by atoms with Gasteiger partial charge in [-0.25, -0.2) is 4.79 Å². The number of ether oxygens (including phenoxy) is 1. The fourth-order valence-corrected chi connectivity index (χ4v) is 1.76. The first-order chi connectivity index (χ1) is 8.08. The summed E-state index contributed by atoms with van der Waals surface area (Å²) in [5.41, 5.74) is -0.609. The van der Waals surface area contributed by atoms with Gasteiger partial charge in [0.1, 0.15) is 11.6 Å². The summed E-state index contributed by atoms with van der Waals surface area (Å²) in [7, 11) is 0. The Kier molecular flexibility index (Phi) is 4.47. The van der Waals surface area contributed by atoms with Gasteiger partial charge in [0.05, 0.1) is 0 Å². The molecule has 4 nitrogen and oxygen atoms in total. The number of hydrogen-bond donors (Lipinski definition) is 2. The van der Waals surface area contributed by atoms with Gasteiger partial charge in [-0.3, -0.25) is 0 Å². The number of nitrogens with one attached hydrogen (secondary N) is 2. The van der Waals surface area contributed by atoms with Crippen LogP contribution in [-0.4, -0.2) is 36.5 Å². The first-order valence-corrected chi connectivity index (χ1v) is 5.87. The predicted octanol–water partition coefficient (Wildman–Crippen LogP) is 2.19. The average Bonchev–Trinajstić information content (AvgIpc) is 2.59. The van der Waals surface area contributed by atoms with E-state index in [-0.39, 0.29) is 19.0 Å². The van der Waals surface area contributed by atoms with Gasteiger partial charge in [0.15, 0.2) is 0 Å². The predicted molar refractivity (Wildman–Crippen MR) is 60.2 cm³/mol. The van der Waals surface area contributed by atoms with E-state index in [1.165, 1.54) is 0 Å². The summed E-state index contributed by atoms with van der Waals surface area (Å²) >= 11 is 0. The fourth-order valence-electron chi connectivity index (χ4n) is 1.76. The molecule has 1 saturated heterocycles. The number of carbonyl (C=O) groups is 1. The lowest BCUT2D eigenvalue weighted by Crippen LogP contribution is -2.45. The molecule has 2 N–H and O–H groups in total. The van der Waals surface area contributed by atoms with Crippen molar-refractivity contribution in [2.24, 2.45) is 0 Å². The van der Waals surface area contributed by atoms with Crippen molar-refractivity contribution in [3.8, 4) is 0 Å². The Hall–Kier alpha value is -0.980. The normalized spacial score (nSPS) is 25.0. The van der Waals surface area contributed by atoms with Crippen molar-refractivity contribution in [1.82, 2.24) is 10.6 Å². The number of halogens is 3. The van der Waals surface area contributed by atoms with Crippen LogP contribution in [0.1, 0.15) is 33.6 Å². The minimum atomic E-state index is -4.22. The molecule has 0 spiro atoms. The van der Waals surface area contributed by atoms with Crippen LogP contribution in [0.15, 0.2) is 0 Å². The van der Waals surface area contributed by atoms with Crippen LogP contribution in [0.3, 0.4) is 0 Å². The second kappa shape index (κ2) is 5.34. The first-order valence-electron chi connectivity index (χ1n) is 5.87. The Bertz CT molecular complexity index is 300. The molecule has 0 aromatic rings. The highest BCUT2D eigenvalue weighted by molar-refractivity contribution is 5.67. The van der Waals surface area contributed by atoms with E-state index in [4.69, 9.17) is 4.74 Å². The Morgan fingerprint density at radius 3 is 2.39 bits per heavy atom. The van der Waals surface area contributed by atoms with Gasteiger partial charge in [-0.1, -0.05) is 0 Å². The molecule has 1 rings (SSSR count). The van der Waals surface area contributed by atoms with E-state index in [1.54, 1.807) is 20.8 Å². The van der Waals surface area contributed by atoms with E-state index in [1.807, 2.05) is 0 Å². The van der Waals surface area contributed by atoms with E-state index >= 15 is 0 Å². The van der Waals surface area contributed by atoms with Crippen molar-refractivity contribution in [2.75, 3.05) is 6.54 Å². The van der Waals surface area contributed by atoms with E-state index in [0.717, 1.165) is 0 Å². The summed E-state index contributed by atoms with van der Waals surface area (Å²) in [4.78, 5) is 11.3. The quantitative estimate of drug-likeness (QED) is 0.807. The van der Waals surface area contributed by atoms with Gasteiger partial charge in [0, 0.05) is 12.6 Å². The zero-order chi connectivity index (χ0) is 14.0. The Morgan fingerprint density at radius 2 is 1.94 bits per heavy atom. The van der Waals surface area contributed by atoms with Gasteiger partial charge in [-0.05, 0) is 33.6 Å². The second-order valence-electron chi connectivity index (χ2n) is 5.42. The molecule has 1 aliphatic rings. The van der Waals surface area contributed by atoms with Crippen LogP contribution in [-0.2, 0) is 4.74 Å². The van der Waals surface area contributed by atoms with Crippen LogP contribution < -0.4 is 10.6 Å². The monoisotopic (exact) mass is 268 g/mol. The molecule has 0 saturated carbocycles. The van der Waals surface area contributed by atoms with Crippen LogP contribution in [0.2, 0.25) is 0 Å². The molecule has 0 radical (unpaired) electrons. The van der Waals surface area contributed by atoms with E-state index in [0.29, 0.717) is 6.42 Å². The van der Waals surface area contributed by atoms with Crippen LogP contribution in [0.25, 0.3) is 0 Å². The molecular weight excluding hydrogens is 249 g/mol. The van der Waals surface area contributed by atoms with Crippen molar-refractivity contribution in [3.63, 3.8) is 0 Å². The van der Waals surface area contributed by atoms with Crippen LogP contribution in [0, 0.1) is 0 Å². The third kappa shape index (κ3) is 5.12. The largest absolute Gasteiger partial charge is 0.444 e. The second-order valence-corrected chi connectivity index (χ2v) is 5.42. The maximum absolute atomic E-state index is 12.4. The summed E-state index contributed by atoms with van der Waals surface area (Å²) in [5, 5.41) is 4.92.